The lowest BCUT2D eigenvalue weighted by atomic mass is 9.96. The third-order valence-corrected chi connectivity index (χ3v) is 5.76. The van der Waals surface area contributed by atoms with Gasteiger partial charge in [-0.05, 0) is 29.3 Å². The van der Waals surface area contributed by atoms with E-state index in [1.54, 1.807) is 18.2 Å². The first-order chi connectivity index (χ1) is 13.8. The Kier molecular flexibility index (Phi) is 5.96. The molecule has 29 heavy (non-hydrogen) atoms. The fraction of sp³-hybridized carbons (Fsp3) is 0.250. The van der Waals surface area contributed by atoms with E-state index in [4.69, 9.17) is 10.00 Å². The van der Waals surface area contributed by atoms with Crippen LogP contribution < -0.4 is 5.32 Å². The highest BCUT2D eigenvalue weighted by atomic mass is 32.2. The molecule has 1 atom stereocenters. The summed E-state index contributed by atoms with van der Waals surface area (Å²) in [6, 6.07) is 14.5. The van der Waals surface area contributed by atoms with Crippen molar-refractivity contribution >= 4 is 27.6 Å². The van der Waals surface area contributed by atoms with E-state index >= 15 is 0 Å². The summed E-state index contributed by atoms with van der Waals surface area (Å²) in [5.74, 6) is -1.37. The first-order valence-electron chi connectivity index (χ1n) is 8.78. The topological polar surface area (TPSA) is 117 Å². The van der Waals surface area contributed by atoms with Gasteiger partial charge in [0.15, 0.2) is 6.61 Å². The van der Waals surface area contributed by atoms with Crippen molar-refractivity contribution in [2.45, 2.75) is 19.0 Å². The third kappa shape index (κ3) is 4.99. The van der Waals surface area contributed by atoms with Crippen LogP contribution in [0.4, 0.5) is 5.69 Å². The van der Waals surface area contributed by atoms with Crippen LogP contribution in [0.2, 0.25) is 0 Å². The number of sulfonamides is 1. The summed E-state index contributed by atoms with van der Waals surface area (Å²) in [6.07, 6.45) is 1.21. The summed E-state index contributed by atoms with van der Waals surface area (Å²) in [7, 11) is -3.66. The number of nitriles is 1. The molecule has 9 heteroatoms. The van der Waals surface area contributed by atoms with Gasteiger partial charge in [-0.3, -0.25) is 9.59 Å². The van der Waals surface area contributed by atoms with Crippen molar-refractivity contribution in [3.63, 3.8) is 0 Å². The minimum absolute atomic E-state index is 0.0714. The highest BCUT2D eigenvalue weighted by Gasteiger charge is 2.38. The molecular weight excluding hydrogens is 394 g/mol. The monoisotopic (exact) mass is 413 g/mol. The van der Waals surface area contributed by atoms with Crippen molar-refractivity contribution in [3.05, 3.63) is 65.2 Å². The second-order valence-corrected chi connectivity index (χ2v) is 8.58. The van der Waals surface area contributed by atoms with E-state index in [1.165, 1.54) is 6.07 Å². The number of hydrogen-bond acceptors (Lipinski definition) is 6. The molecule has 0 radical (unpaired) electrons. The molecule has 0 fully saturated rings. The van der Waals surface area contributed by atoms with Gasteiger partial charge < -0.3 is 10.1 Å². The molecule has 0 saturated carbocycles. The van der Waals surface area contributed by atoms with Crippen LogP contribution in [0.15, 0.2) is 48.5 Å². The summed E-state index contributed by atoms with van der Waals surface area (Å²) < 4.78 is 30.5. The van der Waals surface area contributed by atoms with E-state index < -0.39 is 34.5 Å². The molecule has 0 spiro atoms. The van der Waals surface area contributed by atoms with Gasteiger partial charge in [-0.25, -0.2) is 8.42 Å². The number of nitrogens with zero attached hydrogens (tertiary/aromatic N) is 2. The van der Waals surface area contributed by atoms with Crippen LogP contribution in [0.5, 0.6) is 0 Å². The second kappa shape index (κ2) is 8.43. The highest BCUT2D eigenvalue weighted by Crippen LogP contribution is 2.26. The Labute approximate surface area is 168 Å². The van der Waals surface area contributed by atoms with Gasteiger partial charge in [0, 0.05) is 18.7 Å². The largest absolute Gasteiger partial charge is 0.454 e. The van der Waals surface area contributed by atoms with Crippen molar-refractivity contribution in [2.24, 2.45) is 0 Å². The molecule has 150 valence electrons. The molecule has 2 aromatic rings. The van der Waals surface area contributed by atoms with Gasteiger partial charge in [0.25, 0.3) is 5.91 Å². The van der Waals surface area contributed by atoms with Crippen molar-refractivity contribution in [1.82, 2.24) is 4.31 Å². The number of carbonyl (C=O) groups excluding carboxylic acids is 2. The number of carbonyl (C=O) groups is 2. The van der Waals surface area contributed by atoms with Gasteiger partial charge in [-0.1, -0.05) is 30.3 Å². The molecule has 1 aliphatic rings. The summed E-state index contributed by atoms with van der Waals surface area (Å²) in [4.78, 5) is 24.6. The number of benzene rings is 2. The molecule has 0 saturated heterocycles. The first-order valence-corrected chi connectivity index (χ1v) is 10.6. The Bertz CT molecular complexity index is 1090. The van der Waals surface area contributed by atoms with Crippen molar-refractivity contribution in [1.29, 1.82) is 5.26 Å². The van der Waals surface area contributed by atoms with Crippen molar-refractivity contribution in [2.75, 3.05) is 18.2 Å². The van der Waals surface area contributed by atoms with E-state index in [2.05, 4.69) is 5.32 Å². The minimum atomic E-state index is -3.66. The fourth-order valence-electron chi connectivity index (χ4n) is 3.14. The molecular formula is C20H19N3O5S. The first kappa shape index (κ1) is 20.5. The van der Waals surface area contributed by atoms with Gasteiger partial charge in [0.2, 0.25) is 10.0 Å². The molecule has 8 nitrogen and oxygen atoms in total. The minimum Gasteiger partial charge on any atom is -0.454 e. The van der Waals surface area contributed by atoms with Crippen LogP contribution in [-0.4, -0.2) is 43.5 Å². The van der Waals surface area contributed by atoms with Crippen LogP contribution in [0, 0.1) is 11.3 Å². The van der Waals surface area contributed by atoms with Crippen LogP contribution in [0.25, 0.3) is 0 Å². The molecule has 1 N–H and O–H groups in total. The second-order valence-electron chi connectivity index (χ2n) is 6.65. The number of esters is 1. The summed E-state index contributed by atoms with van der Waals surface area (Å²) >= 11 is 0. The third-order valence-electron chi connectivity index (χ3n) is 4.52. The van der Waals surface area contributed by atoms with Crippen LogP contribution in [-0.2, 0) is 37.3 Å². The summed E-state index contributed by atoms with van der Waals surface area (Å²) in [5.41, 5.74) is 2.48. The summed E-state index contributed by atoms with van der Waals surface area (Å²) in [5, 5.41) is 11.4. The molecule has 3 rings (SSSR count). The molecule has 0 aliphatic carbocycles. The number of ether oxygens (including phenoxy) is 1. The van der Waals surface area contributed by atoms with Crippen LogP contribution in [0.1, 0.15) is 16.7 Å². The summed E-state index contributed by atoms with van der Waals surface area (Å²) in [6.45, 7) is -0.493. The lowest BCUT2D eigenvalue weighted by Gasteiger charge is -2.33. The average Bonchev–Trinajstić information content (AvgIpc) is 2.70. The normalized spacial score (nSPS) is 16.3. The number of hydrogen-bond donors (Lipinski definition) is 1. The molecule has 1 aliphatic heterocycles. The number of fused-ring (bicyclic) bond motifs is 1. The van der Waals surface area contributed by atoms with Gasteiger partial charge in [0.1, 0.15) is 6.04 Å². The Morgan fingerprint density at radius 2 is 1.93 bits per heavy atom. The quantitative estimate of drug-likeness (QED) is 0.741. The maximum atomic E-state index is 12.6. The SMILES string of the molecule is CS(=O)(=O)N1Cc2ccccc2C[C@H]1C(=O)OCC(=O)Nc1cccc(C#N)c1. The molecule has 0 unspecified atom stereocenters. The van der Waals surface area contributed by atoms with E-state index in [-0.39, 0.29) is 13.0 Å². The van der Waals surface area contributed by atoms with E-state index in [0.717, 1.165) is 21.7 Å². The number of nitrogens with one attached hydrogen (secondary N) is 1. The smallest absolute Gasteiger partial charge is 0.325 e. The highest BCUT2D eigenvalue weighted by molar-refractivity contribution is 7.88. The van der Waals surface area contributed by atoms with E-state index in [1.807, 2.05) is 30.3 Å². The number of rotatable bonds is 5. The maximum Gasteiger partial charge on any atom is 0.325 e. The van der Waals surface area contributed by atoms with E-state index in [9.17, 15) is 18.0 Å². The molecule has 1 amide bonds. The van der Waals surface area contributed by atoms with Gasteiger partial charge in [-0.15, -0.1) is 0 Å². The zero-order valence-electron chi connectivity index (χ0n) is 15.7. The molecule has 2 aromatic carbocycles. The molecule has 0 aromatic heterocycles. The van der Waals surface area contributed by atoms with Crippen molar-refractivity contribution in [3.8, 4) is 6.07 Å². The maximum absolute atomic E-state index is 12.6. The lowest BCUT2D eigenvalue weighted by molar-refractivity contribution is -0.151. The molecule has 1 heterocycles. The average molecular weight is 413 g/mol. The Morgan fingerprint density at radius 3 is 2.62 bits per heavy atom. The van der Waals surface area contributed by atoms with Gasteiger partial charge >= 0.3 is 5.97 Å². The zero-order chi connectivity index (χ0) is 21.0. The fourth-order valence-corrected chi connectivity index (χ4v) is 4.14. The predicted octanol–water partition coefficient (Wildman–Crippen LogP) is 1.43. The Hall–Kier alpha value is -3.22. The van der Waals surface area contributed by atoms with Crippen LogP contribution >= 0.6 is 0 Å². The zero-order valence-corrected chi connectivity index (χ0v) is 16.5. The molecule has 0 bridgehead atoms. The van der Waals surface area contributed by atoms with E-state index in [0.29, 0.717) is 11.3 Å². The number of amides is 1. The van der Waals surface area contributed by atoms with Crippen LogP contribution in [0.3, 0.4) is 0 Å². The number of anilines is 1. The predicted molar refractivity (Wildman–Crippen MR) is 105 cm³/mol. The standard InChI is InChI=1S/C20H19N3O5S/c1-29(26,27)23-12-16-7-3-2-6-15(16)10-18(23)20(25)28-13-19(24)22-17-8-4-5-14(9-17)11-21/h2-9,18H,10,12-13H2,1H3,(H,22,24)/t18-/m0/s1. The Morgan fingerprint density at radius 1 is 1.21 bits per heavy atom. The van der Waals surface area contributed by atoms with Gasteiger partial charge in [0.05, 0.1) is 17.9 Å². The van der Waals surface area contributed by atoms with Crippen molar-refractivity contribution < 1.29 is 22.7 Å². The van der Waals surface area contributed by atoms with Gasteiger partial charge in [-0.2, -0.15) is 9.57 Å². The lowest BCUT2D eigenvalue weighted by Crippen LogP contribution is -2.49. The Balaban J connectivity index is 1.67.